The maximum absolute atomic E-state index is 5.21. The topological polar surface area (TPSA) is 38.7 Å². The standard InChI is InChI=1S/C59H41N3/c1-58(2)50-25-13-15-27-52(50)59(53-28-16-14-26-51(53)58)49-24-12-11-23-46(49)47-34-33-42(37-54(47)59)43-35-36-48(45-22-10-9-21-44(43)45)57-61-55(40-19-7-4-8-20-40)60-56(62-57)41-31-29-39(30-32-41)38-17-5-3-6-18-38/h3-37H,1-2H3. The zero-order chi connectivity index (χ0) is 41.4. The van der Waals surface area contributed by atoms with E-state index in [0.29, 0.717) is 17.5 Å². The van der Waals surface area contributed by atoms with Crippen molar-refractivity contribution >= 4 is 10.8 Å². The summed E-state index contributed by atoms with van der Waals surface area (Å²) in [7, 11) is 0. The molecule has 0 aliphatic heterocycles. The molecule has 0 atom stereocenters. The van der Waals surface area contributed by atoms with Gasteiger partial charge in [0, 0.05) is 22.1 Å². The molecule has 0 fully saturated rings. The van der Waals surface area contributed by atoms with Gasteiger partial charge in [0.1, 0.15) is 0 Å². The summed E-state index contributed by atoms with van der Waals surface area (Å²) in [6.07, 6.45) is 0. The number of hydrogen-bond donors (Lipinski definition) is 0. The summed E-state index contributed by atoms with van der Waals surface area (Å²) in [4.78, 5) is 15.4. The van der Waals surface area contributed by atoms with E-state index in [4.69, 9.17) is 15.0 Å². The van der Waals surface area contributed by atoms with Gasteiger partial charge >= 0.3 is 0 Å². The van der Waals surface area contributed by atoms with Crippen LogP contribution in [0.1, 0.15) is 47.2 Å². The van der Waals surface area contributed by atoms with Crippen molar-refractivity contribution in [3.63, 3.8) is 0 Å². The third kappa shape index (κ3) is 5.34. The molecule has 3 nitrogen and oxygen atoms in total. The van der Waals surface area contributed by atoms with Crippen LogP contribution in [0.25, 0.3) is 78.3 Å². The highest BCUT2D eigenvalue weighted by Gasteiger charge is 2.53. The van der Waals surface area contributed by atoms with Gasteiger partial charge in [0.25, 0.3) is 0 Å². The minimum absolute atomic E-state index is 0.152. The molecule has 0 N–H and O–H groups in total. The third-order valence-corrected chi connectivity index (χ3v) is 13.4. The van der Waals surface area contributed by atoms with Gasteiger partial charge in [0.05, 0.1) is 5.41 Å². The first kappa shape index (κ1) is 36.1. The third-order valence-electron chi connectivity index (χ3n) is 13.4. The molecule has 9 aromatic carbocycles. The monoisotopic (exact) mass is 791 g/mol. The van der Waals surface area contributed by atoms with Crippen molar-refractivity contribution in [2.75, 3.05) is 0 Å². The van der Waals surface area contributed by atoms with Gasteiger partial charge in [-0.3, -0.25) is 0 Å². The molecule has 0 amide bonds. The van der Waals surface area contributed by atoms with Crippen LogP contribution < -0.4 is 0 Å². The highest BCUT2D eigenvalue weighted by Crippen LogP contribution is 2.62. The summed E-state index contributed by atoms with van der Waals surface area (Å²) < 4.78 is 0. The SMILES string of the molecule is CC1(C)c2ccccc2C2(c3ccccc3-c3ccc(-c4ccc(-c5nc(-c6ccccc6)nc(-c6ccc(-c7ccccc7)cc6)n5)c5ccccc45)cc32)c2ccccc21. The second-order valence-electron chi connectivity index (χ2n) is 17.1. The first-order valence-electron chi connectivity index (χ1n) is 21.4. The van der Waals surface area contributed by atoms with Crippen molar-refractivity contribution in [1.82, 2.24) is 15.0 Å². The molecule has 0 unspecified atom stereocenters. The van der Waals surface area contributed by atoms with Crippen LogP contribution in [-0.2, 0) is 10.8 Å². The zero-order valence-electron chi connectivity index (χ0n) is 34.5. The molecule has 3 heteroatoms. The normalized spacial score (nSPS) is 13.9. The Morgan fingerprint density at radius 1 is 0.274 bits per heavy atom. The molecule has 1 heterocycles. The lowest BCUT2D eigenvalue weighted by Crippen LogP contribution is -2.40. The number of fused-ring (bicyclic) bond motifs is 10. The fourth-order valence-electron chi connectivity index (χ4n) is 10.6. The highest BCUT2D eigenvalue weighted by atomic mass is 15.0. The van der Waals surface area contributed by atoms with E-state index in [1.807, 2.05) is 24.3 Å². The van der Waals surface area contributed by atoms with E-state index in [-0.39, 0.29) is 5.41 Å². The first-order chi connectivity index (χ1) is 30.5. The molecule has 2 aliphatic rings. The van der Waals surface area contributed by atoms with Crippen LogP contribution in [0.2, 0.25) is 0 Å². The average molecular weight is 792 g/mol. The van der Waals surface area contributed by atoms with E-state index in [0.717, 1.165) is 33.0 Å². The van der Waals surface area contributed by atoms with Gasteiger partial charge in [-0.15, -0.1) is 0 Å². The lowest BCUT2D eigenvalue weighted by Gasteiger charge is -2.46. The maximum Gasteiger partial charge on any atom is 0.164 e. The maximum atomic E-state index is 5.21. The molecule has 2 aliphatic carbocycles. The van der Waals surface area contributed by atoms with Gasteiger partial charge in [-0.1, -0.05) is 214 Å². The van der Waals surface area contributed by atoms with Crippen molar-refractivity contribution in [2.24, 2.45) is 0 Å². The summed E-state index contributed by atoms with van der Waals surface area (Å²) in [5.41, 5.74) is 17.6. The Morgan fingerprint density at radius 3 is 1.32 bits per heavy atom. The number of hydrogen-bond acceptors (Lipinski definition) is 3. The fraction of sp³-hybridized carbons (Fsp3) is 0.0678. The molecule has 0 saturated carbocycles. The minimum Gasteiger partial charge on any atom is -0.208 e. The molecule has 12 rings (SSSR count). The molecule has 62 heavy (non-hydrogen) atoms. The lowest BCUT2D eigenvalue weighted by atomic mass is 9.55. The van der Waals surface area contributed by atoms with Crippen LogP contribution in [-0.4, -0.2) is 15.0 Å². The van der Waals surface area contributed by atoms with Gasteiger partial charge in [-0.05, 0) is 89.7 Å². The second kappa shape index (κ2) is 13.9. The predicted octanol–water partition coefficient (Wildman–Crippen LogP) is 14.4. The van der Waals surface area contributed by atoms with E-state index >= 15 is 0 Å². The van der Waals surface area contributed by atoms with Gasteiger partial charge < -0.3 is 0 Å². The van der Waals surface area contributed by atoms with Crippen LogP contribution in [0.5, 0.6) is 0 Å². The summed E-state index contributed by atoms with van der Waals surface area (Å²) in [5, 5.41) is 2.24. The second-order valence-corrected chi connectivity index (χ2v) is 17.1. The van der Waals surface area contributed by atoms with Crippen molar-refractivity contribution in [1.29, 1.82) is 0 Å². The Bertz CT molecular complexity index is 3320. The van der Waals surface area contributed by atoms with E-state index in [9.17, 15) is 0 Å². The summed E-state index contributed by atoms with van der Waals surface area (Å²) in [5.74, 6) is 1.93. The Kier molecular flexibility index (Phi) is 8.10. The van der Waals surface area contributed by atoms with Crippen molar-refractivity contribution in [3.05, 3.63) is 246 Å². The van der Waals surface area contributed by atoms with Crippen molar-refractivity contribution < 1.29 is 0 Å². The minimum atomic E-state index is -0.463. The molecule has 292 valence electrons. The summed E-state index contributed by atoms with van der Waals surface area (Å²) in [6, 6.07) is 76.8. The quantitative estimate of drug-likeness (QED) is 0.174. The largest absolute Gasteiger partial charge is 0.208 e. The van der Waals surface area contributed by atoms with E-state index in [1.54, 1.807) is 0 Å². The number of rotatable bonds is 5. The number of benzene rings is 9. The zero-order valence-corrected chi connectivity index (χ0v) is 34.5. The van der Waals surface area contributed by atoms with Gasteiger partial charge in [-0.25, -0.2) is 15.0 Å². The summed E-state index contributed by atoms with van der Waals surface area (Å²) in [6.45, 7) is 4.76. The molecule has 1 spiro atoms. The molecular formula is C59H41N3. The van der Waals surface area contributed by atoms with Gasteiger partial charge in [0.15, 0.2) is 17.5 Å². The molecule has 10 aromatic rings. The summed E-state index contributed by atoms with van der Waals surface area (Å²) >= 11 is 0. The molecular weight excluding hydrogens is 751 g/mol. The molecule has 0 saturated heterocycles. The fourth-order valence-corrected chi connectivity index (χ4v) is 10.6. The lowest BCUT2D eigenvalue weighted by molar-refractivity contribution is 0.563. The Labute approximate surface area is 362 Å². The van der Waals surface area contributed by atoms with Crippen LogP contribution in [0, 0.1) is 0 Å². The Hall–Kier alpha value is -7.75. The number of aromatic nitrogens is 3. The van der Waals surface area contributed by atoms with Crippen molar-refractivity contribution in [3.8, 4) is 67.5 Å². The van der Waals surface area contributed by atoms with Crippen LogP contribution in [0.3, 0.4) is 0 Å². The predicted molar refractivity (Wildman–Crippen MR) is 254 cm³/mol. The van der Waals surface area contributed by atoms with Gasteiger partial charge in [0.2, 0.25) is 0 Å². The average Bonchev–Trinajstić information content (AvgIpc) is 3.63. The van der Waals surface area contributed by atoms with Crippen LogP contribution in [0.4, 0.5) is 0 Å². The van der Waals surface area contributed by atoms with Crippen molar-refractivity contribution in [2.45, 2.75) is 24.7 Å². The Balaban J connectivity index is 1.04. The van der Waals surface area contributed by atoms with E-state index in [2.05, 4.69) is 202 Å². The number of nitrogens with zero attached hydrogens (tertiary/aromatic N) is 3. The van der Waals surface area contributed by atoms with Gasteiger partial charge in [-0.2, -0.15) is 0 Å². The Morgan fingerprint density at radius 2 is 0.677 bits per heavy atom. The van der Waals surface area contributed by atoms with E-state index < -0.39 is 5.41 Å². The van der Waals surface area contributed by atoms with E-state index in [1.165, 1.54) is 61.2 Å². The molecule has 0 radical (unpaired) electrons. The molecule has 1 aromatic heterocycles. The van der Waals surface area contributed by atoms with Crippen LogP contribution >= 0.6 is 0 Å². The molecule has 0 bridgehead atoms. The van der Waals surface area contributed by atoms with Crippen LogP contribution in [0.15, 0.2) is 212 Å². The highest BCUT2D eigenvalue weighted by molar-refractivity contribution is 6.05. The first-order valence-corrected chi connectivity index (χ1v) is 21.4. The smallest absolute Gasteiger partial charge is 0.164 e.